The molecule has 1 aliphatic carbocycles. The third-order valence-corrected chi connectivity index (χ3v) is 10.5. The summed E-state index contributed by atoms with van der Waals surface area (Å²) >= 11 is 0. The molecule has 0 aliphatic heterocycles. The number of carbonyl (C=O) groups is 6. The van der Waals surface area contributed by atoms with Crippen LogP contribution in [0.2, 0.25) is 20.5 Å². The number of hydrogen-bond acceptors (Lipinski definition) is 17. The highest BCUT2D eigenvalue weighted by molar-refractivity contribution is 6.73. The number of rotatable bonds is 29. The van der Waals surface area contributed by atoms with Gasteiger partial charge in [-0.25, -0.2) is 0 Å². The van der Waals surface area contributed by atoms with Crippen molar-refractivity contribution in [3.05, 3.63) is 35.4 Å². The lowest BCUT2D eigenvalue weighted by Crippen LogP contribution is -2.49. The minimum absolute atomic E-state index is 0.0404. The molecule has 0 spiro atoms. The maximum absolute atomic E-state index is 12.8. The normalized spacial score (nSPS) is 13.3. The number of aliphatic carboxylic acids is 1. The molecule has 3 atom stereocenters. The number of nitrogens with two attached hydrogens (primary N) is 1. The molecule has 1 radical (unpaired) electrons. The lowest BCUT2D eigenvalue weighted by molar-refractivity contribution is -0.137. The molecule has 0 aromatic heterocycles. The third kappa shape index (κ3) is 20.7. The molecule has 367 valence electrons. The number of esters is 1. The molecule has 25 heteroatoms. The van der Waals surface area contributed by atoms with E-state index >= 15 is 0 Å². The quantitative estimate of drug-likeness (QED) is 0.0168. The molecule has 3 amide bonds. The molecule has 67 heavy (non-hydrogen) atoms. The highest BCUT2D eigenvalue weighted by Crippen LogP contribution is 2.51. The summed E-state index contributed by atoms with van der Waals surface area (Å²) in [6.07, 6.45) is 4.43. The fourth-order valence-electron chi connectivity index (χ4n) is 7.35. The average Bonchev–Trinajstić information content (AvgIpc) is 3.41. The van der Waals surface area contributed by atoms with Crippen LogP contribution in [0.1, 0.15) is 81.9 Å². The number of amides is 3. The Balaban J connectivity index is 0.000000617. The Kier molecular flexibility index (Phi) is 26.8. The number of benzene rings is 2. The summed E-state index contributed by atoms with van der Waals surface area (Å²) < 4.78 is 22.6. The molecule has 0 heterocycles. The van der Waals surface area contributed by atoms with E-state index in [2.05, 4.69) is 31.6 Å². The molecule has 2 aromatic carbocycles. The van der Waals surface area contributed by atoms with Gasteiger partial charge in [-0.05, 0) is 107 Å². The fraction of sp³-hybridized carbons (Fsp3) is 0.571. The van der Waals surface area contributed by atoms with Crippen molar-refractivity contribution in [2.24, 2.45) is 11.6 Å². The first-order valence-corrected chi connectivity index (χ1v) is 22.4. The van der Waals surface area contributed by atoms with E-state index in [0.717, 1.165) is 42.5 Å². The summed E-state index contributed by atoms with van der Waals surface area (Å²) in [5, 5.41) is 52.8. The molecular weight excluding hydrogens is 870 g/mol. The van der Waals surface area contributed by atoms with Crippen molar-refractivity contribution in [1.82, 2.24) is 31.6 Å². The topological polar surface area (TPSA) is 318 Å². The summed E-state index contributed by atoms with van der Waals surface area (Å²) in [4.78, 5) is 72.2. The number of carboxylic acid groups (broad SMARTS) is 1. The van der Waals surface area contributed by atoms with E-state index in [1.807, 2.05) is 12.1 Å². The molecule has 0 bridgehead atoms. The minimum Gasteiger partial charge on any atom is -0.493 e. The van der Waals surface area contributed by atoms with Crippen LogP contribution in [0.4, 0.5) is 0 Å². The molecule has 1 aliphatic rings. The zero-order chi connectivity index (χ0) is 50.1. The van der Waals surface area contributed by atoms with Crippen molar-refractivity contribution in [3.63, 3.8) is 0 Å². The van der Waals surface area contributed by atoms with Gasteiger partial charge in [-0.1, -0.05) is 18.9 Å². The molecule has 12 N–H and O–H groups in total. The summed E-state index contributed by atoms with van der Waals surface area (Å²) in [5.74, 6) is -1.86. The Morgan fingerprint density at radius 2 is 1.40 bits per heavy atom. The van der Waals surface area contributed by atoms with Gasteiger partial charge in [0.15, 0.2) is 11.5 Å². The largest absolute Gasteiger partial charge is 0.493 e. The minimum atomic E-state index is -0.973. The van der Waals surface area contributed by atoms with Crippen molar-refractivity contribution >= 4 is 63.9 Å². The van der Waals surface area contributed by atoms with E-state index in [4.69, 9.17) is 34.7 Å². The van der Waals surface area contributed by atoms with Gasteiger partial charge in [0, 0.05) is 25.6 Å². The van der Waals surface area contributed by atoms with E-state index in [1.165, 1.54) is 20.9 Å². The Hall–Kier alpha value is -5.16. The Morgan fingerprint density at radius 1 is 0.791 bits per heavy atom. The fourth-order valence-corrected chi connectivity index (χ4v) is 7.35. The number of fused-ring (bicyclic) bond motifs is 3. The van der Waals surface area contributed by atoms with Gasteiger partial charge in [0.05, 0.1) is 52.2 Å². The van der Waals surface area contributed by atoms with Crippen LogP contribution in [0.15, 0.2) is 24.3 Å². The number of aryl methyl sites for hydroxylation is 1. The molecule has 0 saturated heterocycles. The second kappa shape index (κ2) is 31.0. The third-order valence-electron chi connectivity index (χ3n) is 10.5. The van der Waals surface area contributed by atoms with Gasteiger partial charge < -0.3 is 81.2 Å². The lowest BCUT2D eigenvalue weighted by Gasteiger charge is -2.21. The van der Waals surface area contributed by atoms with Crippen molar-refractivity contribution in [2.75, 3.05) is 47.5 Å². The van der Waals surface area contributed by atoms with Crippen molar-refractivity contribution < 1.29 is 67.9 Å². The molecule has 0 saturated carbocycles. The van der Waals surface area contributed by atoms with Crippen molar-refractivity contribution in [1.29, 1.82) is 0 Å². The maximum Gasteiger partial charge on any atom is 0.374 e. The number of ether oxygens (including phenoxy) is 4. The predicted molar refractivity (Wildman–Crippen MR) is 256 cm³/mol. The van der Waals surface area contributed by atoms with Crippen LogP contribution < -0.4 is 56.2 Å². The predicted octanol–water partition coefficient (Wildman–Crippen LogP) is 0.0214. The second-order valence-corrected chi connectivity index (χ2v) is 15.9. The Labute approximate surface area is 394 Å². The first-order valence-electron chi connectivity index (χ1n) is 22.4. The van der Waals surface area contributed by atoms with Gasteiger partial charge in [-0.15, -0.1) is 0 Å². The first kappa shape index (κ1) is 58.0. The van der Waals surface area contributed by atoms with E-state index in [9.17, 15) is 38.8 Å². The summed E-state index contributed by atoms with van der Waals surface area (Å²) in [7, 11) is 3.48. The average molecular weight is 938 g/mol. The van der Waals surface area contributed by atoms with E-state index in [1.54, 1.807) is 40.0 Å². The molecular formula is C42H68B4N7O14. The van der Waals surface area contributed by atoms with E-state index in [-0.39, 0.29) is 56.0 Å². The number of hydrogen-bond donors (Lipinski definition) is 11. The lowest BCUT2D eigenvalue weighted by atomic mass is 9.77. The van der Waals surface area contributed by atoms with Crippen LogP contribution in [0.5, 0.6) is 23.0 Å². The van der Waals surface area contributed by atoms with Gasteiger partial charge in [-0.3, -0.25) is 24.0 Å². The smallest absolute Gasteiger partial charge is 0.374 e. The highest BCUT2D eigenvalue weighted by Gasteiger charge is 2.30. The number of carbonyl (C=O) groups excluding carboxylic acids is 5. The second-order valence-electron chi connectivity index (χ2n) is 15.9. The molecule has 3 rings (SSSR count). The molecule has 0 fully saturated rings. The number of unbranched alkanes of at least 4 members (excludes halogenated alkanes) is 2. The van der Waals surface area contributed by atoms with Crippen LogP contribution in [-0.4, -0.2) is 138 Å². The van der Waals surface area contributed by atoms with Crippen LogP contribution >= 0.6 is 0 Å². The number of methoxy groups -OCH3 is 3. The number of carboxylic acids is 1. The molecule has 21 nitrogen and oxygen atoms in total. The van der Waals surface area contributed by atoms with Gasteiger partial charge >= 0.3 is 33.1 Å². The van der Waals surface area contributed by atoms with E-state index in [0.29, 0.717) is 62.4 Å². The summed E-state index contributed by atoms with van der Waals surface area (Å²) in [5.41, 5.74) is 8.15. The standard InChI is InChI=1S/C31H43B2N4O9.C11H25B2N3O5/c1-18(38)37-24-12-9-19-16-25(43-3)28(44-4)29(45-5)27(19)21-11-10-20(17-23(21)24)46-26(39)13-15-35-31(41)22(30(40)32-34)8-6-7-14-36-33(2)42;1-12(20)15-7-4-3-5-9(16-13(2)21)11(19)14-8-6-10(17)18/h10-11,16-17,22,24,36,42H,6-9,12-15,34H2,1-5H3,(H,35,41)(H,37,38);9,15-16,20-21H,3-8H2,1-2H3,(H,14,19)(H,17,18)/t22-,24-;9-/m01/s1. The van der Waals surface area contributed by atoms with Crippen LogP contribution in [-0.2, 0) is 35.2 Å². The Bertz CT molecular complexity index is 1930. The highest BCUT2D eigenvalue weighted by atomic mass is 16.5. The molecule has 0 unspecified atom stereocenters. The zero-order valence-corrected chi connectivity index (χ0v) is 39.7. The van der Waals surface area contributed by atoms with Crippen LogP contribution in [0.25, 0.3) is 11.1 Å². The van der Waals surface area contributed by atoms with Crippen molar-refractivity contribution in [3.8, 4) is 34.1 Å². The van der Waals surface area contributed by atoms with Gasteiger partial charge in [0.2, 0.25) is 23.5 Å². The Morgan fingerprint density at radius 3 is 1.96 bits per heavy atom. The van der Waals surface area contributed by atoms with Gasteiger partial charge in [0.25, 0.3) is 7.41 Å². The van der Waals surface area contributed by atoms with Gasteiger partial charge in [0.1, 0.15) is 11.4 Å². The molecule has 2 aromatic rings. The van der Waals surface area contributed by atoms with Gasteiger partial charge in [-0.2, -0.15) is 0 Å². The summed E-state index contributed by atoms with van der Waals surface area (Å²) in [6, 6.07) is 6.14. The summed E-state index contributed by atoms with van der Waals surface area (Å²) in [6.45, 7) is 7.41. The SMILES string of the molecule is CB(O)NCCCC[C@@H](NB(C)O)C(=O)NCCC(=O)O.COc1cc2c(c(OC)c1OC)-c1ccc(OC(=O)CCNC(=O)[C@@H](CCCCNB(C)O)C(=O)[B]N)cc1[C@@H](NC(C)=O)CC2. The first-order chi connectivity index (χ1) is 31.9. The van der Waals surface area contributed by atoms with Crippen LogP contribution in [0, 0.1) is 5.92 Å². The zero-order valence-electron chi connectivity index (χ0n) is 39.7. The van der Waals surface area contributed by atoms with E-state index < -0.39 is 56.6 Å². The maximum atomic E-state index is 12.8. The van der Waals surface area contributed by atoms with Crippen molar-refractivity contribution in [2.45, 2.75) is 104 Å². The van der Waals surface area contributed by atoms with Crippen LogP contribution in [0.3, 0.4) is 0 Å². The monoisotopic (exact) mass is 939 g/mol. The number of nitrogens with one attached hydrogen (secondary N) is 6.